The molecule has 5 atom stereocenters. The molecule has 5 rings (SSSR count). The molecule has 1 spiro atoms. The number of hydrogen-bond acceptors (Lipinski definition) is 4. The summed E-state index contributed by atoms with van der Waals surface area (Å²) >= 11 is 0. The van der Waals surface area contributed by atoms with Crippen molar-refractivity contribution in [3.05, 3.63) is 35.4 Å². The first-order chi connectivity index (χ1) is 11.2. The molecule has 1 aromatic carbocycles. The van der Waals surface area contributed by atoms with Crippen LogP contribution in [0.25, 0.3) is 0 Å². The van der Waals surface area contributed by atoms with Gasteiger partial charge in [-0.15, -0.1) is 0 Å². The van der Waals surface area contributed by atoms with Gasteiger partial charge in [-0.25, -0.2) is 0 Å². The lowest BCUT2D eigenvalue weighted by atomic mass is 9.53. The van der Waals surface area contributed by atoms with Crippen LogP contribution in [0.15, 0.2) is 24.3 Å². The first-order valence-electron chi connectivity index (χ1n) is 8.49. The molecule has 0 aromatic heterocycles. The maximum Gasteiger partial charge on any atom is 0.211 e. The number of ether oxygens (including phenoxy) is 2. The predicted octanol–water partition coefficient (Wildman–Crippen LogP) is 1.50. The van der Waals surface area contributed by atoms with Crippen LogP contribution in [0.2, 0.25) is 0 Å². The Balaban J connectivity index is 1.80. The summed E-state index contributed by atoms with van der Waals surface area (Å²) < 4.78 is 19.4. The van der Waals surface area contributed by atoms with Crippen LogP contribution in [-0.4, -0.2) is 50.4 Å². The highest BCUT2D eigenvalue weighted by Crippen LogP contribution is 2.62. The Labute approximate surface area is 131 Å². The summed E-state index contributed by atoms with van der Waals surface area (Å²) in [5.41, 5.74) is 2.62. The number of nitrogens with zero attached hydrogens (tertiary/aromatic N) is 1. The standard InChI is InChI=1S/C18H21NO3/c1-19-8-7-18-11-4-5-13(20)17(18)22-16-14(21-2)6-3-10(15(16)18)9-12(11)19/h3-6,11-13,17,20H,7-9H2,1-2H3/t11-,12+,13-,17-,18-/m0/s1/i20D. The molecule has 1 saturated heterocycles. The summed E-state index contributed by atoms with van der Waals surface area (Å²) in [4.78, 5) is 2.48. The molecule has 0 unspecified atom stereocenters. The Morgan fingerprint density at radius 3 is 3.18 bits per heavy atom. The van der Waals surface area contributed by atoms with Gasteiger partial charge in [-0.05, 0) is 38.1 Å². The number of hydrogen-bond donors (Lipinski definition) is 1. The zero-order valence-corrected chi connectivity index (χ0v) is 12.9. The topological polar surface area (TPSA) is 41.9 Å². The van der Waals surface area contributed by atoms with E-state index in [-0.39, 0.29) is 17.6 Å². The fourth-order valence-electron chi connectivity index (χ4n) is 5.37. The molecule has 4 aliphatic rings. The SMILES string of the molecule is [2H]O[C@H]1C=C[C@H]2[C@H]3Cc4ccc(OC)c5c4[C@@]2(CCN3C)[C@H]1O5. The highest BCUT2D eigenvalue weighted by molar-refractivity contribution is 5.62. The van der Waals surface area contributed by atoms with Crippen molar-refractivity contribution in [2.45, 2.75) is 36.5 Å². The maximum atomic E-state index is 7.49. The van der Waals surface area contributed by atoms with Gasteiger partial charge < -0.3 is 19.5 Å². The van der Waals surface area contributed by atoms with Gasteiger partial charge in [0.1, 0.15) is 12.2 Å². The molecule has 1 aromatic rings. The summed E-state index contributed by atoms with van der Waals surface area (Å²) in [7, 11) is 3.91. The van der Waals surface area contributed by atoms with Gasteiger partial charge in [0, 0.05) is 22.9 Å². The Kier molecular flexibility index (Phi) is 2.21. The lowest BCUT2D eigenvalue weighted by molar-refractivity contribution is -0.0453. The van der Waals surface area contributed by atoms with Crippen molar-refractivity contribution in [1.82, 2.24) is 4.90 Å². The number of likely N-dealkylation sites (tertiary alicyclic amines) is 1. The number of piperidine rings is 1. The minimum Gasteiger partial charge on any atom is -0.493 e. The van der Waals surface area contributed by atoms with Crippen LogP contribution in [0.5, 0.6) is 11.5 Å². The van der Waals surface area contributed by atoms with E-state index in [0.29, 0.717) is 12.0 Å². The zero-order chi connectivity index (χ0) is 15.8. The largest absolute Gasteiger partial charge is 0.493 e. The van der Waals surface area contributed by atoms with E-state index in [1.165, 1.54) is 11.1 Å². The Hall–Kier alpha value is -1.52. The highest BCUT2D eigenvalue weighted by atomic mass is 16.5. The zero-order valence-electron chi connectivity index (χ0n) is 13.9. The van der Waals surface area contributed by atoms with Gasteiger partial charge in [-0.3, -0.25) is 0 Å². The van der Waals surface area contributed by atoms with E-state index in [9.17, 15) is 0 Å². The number of aliphatic hydroxyl groups excluding tert-OH is 1. The second-order valence-corrected chi connectivity index (χ2v) is 7.09. The van der Waals surface area contributed by atoms with E-state index < -0.39 is 0 Å². The average Bonchev–Trinajstić information content (AvgIpc) is 2.92. The van der Waals surface area contributed by atoms with Crippen molar-refractivity contribution in [1.29, 1.82) is 1.43 Å². The van der Waals surface area contributed by atoms with Gasteiger partial charge in [0.05, 0.1) is 7.11 Å². The molecule has 2 bridgehead atoms. The summed E-state index contributed by atoms with van der Waals surface area (Å²) in [5, 5.41) is 5.02. The molecule has 0 radical (unpaired) electrons. The monoisotopic (exact) mass is 300 g/mol. The molecule has 22 heavy (non-hydrogen) atoms. The molecule has 0 saturated carbocycles. The number of benzene rings is 1. The fraction of sp³-hybridized carbons (Fsp3) is 0.556. The van der Waals surface area contributed by atoms with Gasteiger partial charge >= 0.3 is 0 Å². The number of rotatable bonds is 2. The van der Waals surface area contributed by atoms with Crippen LogP contribution < -0.4 is 9.47 Å². The minimum atomic E-state index is -0.321. The van der Waals surface area contributed by atoms with Crippen LogP contribution in [0.3, 0.4) is 0 Å². The second-order valence-electron chi connectivity index (χ2n) is 7.09. The van der Waals surface area contributed by atoms with Crippen molar-refractivity contribution in [2.75, 3.05) is 20.7 Å². The van der Waals surface area contributed by atoms with Crippen LogP contribution in [0.4, 0.5) is 0 Å². The molecule has 0 amide bonds. The molecule has 4 nitrogen and oxygen atoms in total. The van der Waals surface area contributed by atoms with Gasteiger partial charge in [0.25, 0.3) is 0 Å². The summed E-state index contributed by atoms with van der Waals surface area (Å²) in [6.45, 7) is 1.05. The molecule has 4 heteroatoms. The predicted molar refractivity (Wildman–Crippen MR) is 82.5 cm³/mol. The molecule has 116 valence electrons. The van der Waals surface area contributed by atoms with E-state index in [2.05, 4.69) is 24.1 Å². The lowest BCUT2D eigenvalue weighted by Gasteiger charge is -2.56. The quantitative estimate of drug-likeness (QED) is 0.841. The first kappa shape index (κ1) is 12.0. The molecular weight excluding hydrogens is 278 g/mol. The Morgan fingerprint density at radius 1 is 1.45 bits per heavy atom. The van der Waals surface area contributed by atoms with E-state index in [4.69, 9.17) is 16.0 Å². The third-order valence-electron chi connectivity index (χ3n) is 6.34. The number of methoxy groups -OCH3 is 1. The first-order valence-corrected chi connectivity index (χ1v) is 8.08. The van der Waals surface area contributed by atoms with Gasteiger partial charge in [0.2, 0.25) is 1.43 Å². The van der Waals surface area contributed by atoms with E-state index in [1.807, 2.05) is 12.1 Å². The molecule has 2 heterocycles. The lowest BCUT2D eigenvalue weighted by Crippen LogP contribution is -2.64. The normalized spacial score (nSPS) is 41.6. The van der Waals surface area contributed by atoms with E-state index in [1.54, 1.807) is 7.11 Å². The van der Waals surface area contributed by atoms with Crippen molar-refractivity contribution >= 4 is 0 Å². The van der Waals surface area contributed by atoms with Crippen LogP contribution in [0, 0.1) is 5.92 Å². The number of likely N-dealkylation sites (N-methyl/N-ethyl adjacent to an activating group) is 1. The molecule has 1 fully saturated rings. The van der Waals surface area contributed by atoms with Crippen molar-refractivity contribution in [3.63, 3.8) is 0 Å². The maximum absolute atomic E-state index is 7.49. The van der Waals surface area contributed by atoms with Crippen LogP contribution >= 0.6 is 0 Å². The third-order valence-corrected chi connectivity index (χ3v) is 6.34. The fourth-order valence-corrected chi connectivity index (χ4v) is 5.37. The van der Waals surface area contributed by atoms with Gasteiger partial charge in [0.15, 0.2) is 11.5 Å². The minimum absolute atomic E-state index is 0.0743. The van der Waals surface area contributed by atoms with E-state index >= 15 is 0 Å². The summed E-state index contributed by atoms with van der Waals surface area (Å²) in [6.07, 6.45) is 5.93. The number of aliphatic hydroxyl groups is 1. The molecule has 1 N–H and O–H groups in total. The van der Waals surface area contributed by atoms with Crippen molar-refractivity contribution in [3.8, 4) is 11.5 Å². The average molecular weight is 300 g/mol. The van der Waals surface area contributed by atoms with Crippen molar-refractivity contribution in [2.24, 2.45) is 5.92 Å². The smallest absolute Gasteiger partial charge is 0.211 e. The third kappa shape index (κ3) is 1.28. The second kappa shape index (κ2) is 4.06. The summed E-state index contributed by atoms with van der Waals surface area (Å²) in [5.74, 6) is 2.10. The summed E-state index contributed by atoms with van der Waals surface area (Å²) in [6, 6.07) is 4.70. The Morgan fingerprint density at radius 2 is 2.36 bits per heavy atom. The Bertz CT molecular complexity index is 706. The van der Waals surface area contributed by atoms with Crippen LogP contribution in [-0.2, 0) is 11.8 Å². The van der Waals surface area contributed by atoms with Crippen molar-refractivity contribution < 1.29 is 14.6 Å². The van der Waals surface area contributed by atoms with Crippen LogP contribution in [0.1, 0.15) is 17.5 Å². The molecule has 2 aliphatic heterocycles. The van der Waals surface area contributed by atoms with E-state index in [0.717, 1.165) is 30.9 Å². The highest BCUT2D eigenvalue weighted by Gasteiger charge is 2.64. The van der Waals surface area contributed by atoms with Gasteiger partial charge in [-0.2, -0.15) is 0 Å². The molecular formula is C18H21NO3. The molecule has 2 aliphatic carbocycles. The van der Waals surface area contributed by atoms with Gasteiger partial charge in [-0.1, -0.05) is 18.2 Å².